The van der Waals surface area contributed by atoms with Crippen LogP contribution in [0.2, 0.25) is 0 Å². The van der Waals surface area contributed by atoms with Crippen LogP contribution in [-0.2, 0) is 18.4 Å². The molecule has 0 fully saturated rings. The van der Waals surface area contributed by atoms with Crippen molar-refractivity contribution in [2.45, 2.75) is 231 Å². The second kappa shape index (κ2) is 47.7. The number of hydrogen-bond donors (Lipinski definition) is 2. The van der Waals surface area contributed by atoms with Crippen molar-refractivity contribution < 1.29 is 32.9 Å². The van der Waals surface area contributed by atoms with Gasteiger partial charge in [-0.2, -0.15) is 0 Å². The molecule has 8 nitrogen and oxygen atoms in total. The number of unbranched alkanes of at least 4 members (excludes halogenated alkanes) is 23. The molecule has 0 aliphatic carbocycles. The first-order chi connectivity index (χ1) is 32.0. The van der Waals surface area contributed by atoms with Gasteiger partial charge in [-0.05, 0) is 77.0 Å². The van der Waals surface area contributed by atoms with Gasteiger partial charge in [-0.3, -0.25) is 9.36 Å². The maximum absolute atomic E-state index is 12.9. The molecule has 0 aromatic heterocycles. The molecule has 3 unspecified atom stereocenters. The number of carbonyl (C=O) groups is 1. The molecular weight excluding hydrogens is 840 g/mol. The van der Waals surface area contributed by atoms with Crippen LogP contribution in [0.5, 0.6) is 0 Å². The van der Waals surface area contributed by atoms with E-state index in [-0.39, 0.29) is 18.9 Å². The highest BCUT2D eigenvalue weighted by Crippen LogP contribution is 2.38. The van der Waals surface area contributed by atoms with E-state index in [9.17, 15) is 19.4 Å². The maximum Gasteiger partial charge on any atom is 0.268 e. The lowest BCUT2D eigenvalue weighted by atomic mass is 10.0. The number of nitrogens with one attached hydrogen (secondary N) is 1. The van der Waals surface area contributed by atoms with Crippen LogP contribution in [0, 0.1) is 0 Å². The molecule has 3 atom stereocenters. The van der Waals surface area contributed by atoms with Gasteiger partial charge in [0, 0.05) is 6.42 Å². The van der Waals surface area contributed by atoms with Crippen LogP contribution in [0.15, 0.2) is 85.1 Å². The summed E-state index contributed by atoms with van der Waals surface area (Å²) in [5, 5.41) is 13.8. The highest BCUT2D eigenvalue weighted by atomic mass is 31.2. The summed E-state index contributed by atoms with van der Waals surface area (Å²) < 4.78 is 23.3. The SMILES string of the molecule is CC/C=C\C/C=C\C/C=C\C/C=C\C/C=C\CCCCCC(=O)NC(COP(=O)([O-])OCC[N+](C)(C)C)C(O)/C=C/CC/C=C/CCCCCCCCCCCCCCCCCCCCC. The van der Waals surface area contributed by atoms with Crippen molar-refractivity contribution in [2.75, 3.05) is 40.9 Å². The molecule has 0 aromatic rings. The number of phosphoric acid groups is 1. The predicted octanol–water partition coefficient (Wildman–Crippen LogP) is 15.5. The summed E-state index contributed by atoms with van der Waals surface area (Å²) in [5.74, 6) is -0.240. The Morgan fingerprint density at radius 2 is 0.939 bits per heavy atom. The Balaban J connectivity index is 4.37. The van der Waals surface area contributed by atoms with Crippen molar-refractivity contribution in [3.8, 4) is 0 Å². The number of hydrogen-bond acceptors (Lipinski definition) is 6. The number of aliphatic hydroxyl groups is 1. The Bertz CT molecular complexity index is 1350. The van der Waals surface area contributed by atoms with Gasteiger partial charge in [0.25, 0.3) is 7.82 Å². The van der Waals surface area contributed by atoms with Gasteiger partial charge in [0.05, 0.1) is 39.9 Å². The van der Waals surface area contributed by atoms with Crippen molar-refractivity contribution in [3.63, 3.8) is 0 Å². The van der Waals surface area contributed by atoms with Crippen LogP contribution in [0.3, 0.4) is 0 Å². The number of carbonyl (C=O) groups excluding carboxylic acids is 1. The number of quaternary nitrogens is 1. The average molecular weight is 943 g/mol. The van der Waals surface area contributed by atoms with Crippen molar-refractivity contribution in [1.82, 2.24) is 5.32 Å². The standard InChI is InChI=1S/C57H103N2O6P/c1-6-8-10-12-14-16-18-20-22-24-26-27-28-29-30-31-33-34-36-38-40-42-44-46-48-50-56(60)55(54-65-66(62,63)64-53-52-59(3,4)5)58-57(61)51-49-47-45-43-41-39-37-35-32-25-23-21-19-17-15-13-11-9-7-2/h9,11,15,17,21,23,32,35,39-42,48,50,55-56,60H,6-8,10,12-14,16,18-20,22,24-31,33-34,36-38,43-47,49,51-54H2,1-5H3,(H-,58,61,62,63)/b11-9-,17-15-,23-21-,35-32-,41-39-,42-40+,50-48+. The molecule has 9 heteroatoms. The summed E-state index contributed by atoms with van der Waals surface area (Å²) >= 11 is 0. The minimum absolute atomic E-state index is 0.0174. The first-order valence-electron chi connectivity index (χ1n) is 26.9. The molecular formula is C57H103N2O6P. The third-order valence-electron chi connectivity index (χ3n) is 11.6. The Morgan fingerprint density at radius 3 is 1.41 bits per heavy atom. The number of amides is 1. The lowest BCUT2D eigenvalue weighted by Gasteiger charge is -2.29. The molecule has 66 heavy (non-hydrogen) atoms. The number of aliphatic hydroxyl groups excluding tert-OH is 1. The summed E-state index contributed by atoms with van der Waals surface area (Å²) in [4.78, 5) is 25.4. The summed E-state index contributed by atoms with van der Waals surface area (Å²) in [7, 11) is 1.21. The highest BCUT2D eigenvalue weighted by Gasteiger charge is 2.23. The third-order valence-corrected chi connectivity index (χ3v) is 12.6. The molecule has 0 spiro atoms. The average Bonchev–Trinajstić information content (AvgIpc) is 3.28. The quantitative estimate of drug-likeness (QED) is 0.0272. The fraction of sp³-hybridized carbons (Fsp3) is 0.737. The van der Waals surface area contributed by atoms with Gasteiger partial charge < -0.3 is 28.8 Å². The van der Waals surface area contributed by atoms with E-state index in [4.69, 9.17) is 9.05 Å². The fourth-order valence-corrected chi connectivity index (χ4v) is 8.09. The van der Waals surface area contributed by atoms with E-state index in [1.807, 2.05) is 27.2 Å². The van der Waals surface area contributed by atoms with Gasteiger partial charge in [-0.1, -0.05) is 221 Å². The summed E-state index contributed by atoms with van der Waals surface area (Å²) in [5.41, 5.74) is 0. The van der Waals surface area contributed by atoms with E-state index >= 15 is 0 Å². The number of allylic oxidation sites excluding steroid dienone is 13. The molecule has 0 heterocycles. The van der Waals surface area contributed by atoms with Gasteiger partial charge >= 0.3 is 0 Å². The van der Waals surface area contributed by atoms with E-state index in [0.29, 0.717) is 17.4 Å². The van der Waals surface area contributed by atoms with Crippen LogP contribution in [0.4, 0.5) is 0 Å². The second-order valence-electron chi connectivity index (χ2n) is 19.2. The van der Waals surface area contributed by atoms with E-state index in [1.165, 1.54) is 122 Å². The van der Waals surface area contributed by atoms with Gasteiger partial charge in [0.1, 0.15) is 13.2 Å². The third kappa shape index (κ3) is 49.6. The minimum Gasteiger partial charge on any atom is -0.756 e. The Labute approximate surface area is 407 Å². The minimum atomic E-state index is -4.62. The smallest absolute Gasteiger partial charge is 0.268 e. The molecule has 0 saturated carbocycles. The number of rotatable bonds is 48. The van der Waals surface area contributed by atoms with E-state index in [0.717, 1.165) is 70.6 Å². The van der Waals surface area contributed by atoms with Gasteiger partial charge in [0.15, 0.2) is 0 Å². The number of nitrogens with zero attached hydrogens (tertiary/aromatic N) is 1. The molecule has 2 N–H and O–H groups in total. The maximum atomic E-state index is 12.9. The Hall–Kier alpha value is -2.32. The molecule has 0 saturated heterocycles. The monoisotopic (exact) mass is 943 g/mol. The molecule has 0 rings (SSSR count). The van der Waals surface area contributed by atoms with Crippen molar-refractivity contribution in [2.24, 2.45) is 0 Å². The zero-order valence-corrected chi connectivity index (χ0v) is 44.3. The van der Waals surface area contributed by atoms with Gasteiger partial charge in [-0.15, -0.1) is 0 Å². The second-order valence-corrected chi connectivity index (χ2v) is 20.6. The van der Waals surface area contributed by atoms with Crippen LogP contribution in [0.1, 0.15) is 219 Å². The summed E-state index contributed by atoms with van der Waals surface area (Å²) in [6, 6.07) is -0.927. The first-order valence-corrected chi connectivity index (χ1v) is 28.4. The van der Waals surface area contributed by atoms with Crippen LogP contribution < -0.4 is 10.2 Å². The number of phosphoric ester groups is 1. The van der Waals surface area contributed by atoms with Crippen molar-refractivity contribution >= 4 is 13.7 Å². The lowest BCUT2D eigenvalue weighted by Crippen LogP contribution is -2.45. The van der Waals surface area contributed by atoms with Crippen molar-refractivity contribution in [1.29, 1.82) is 0 Å². The van der Waals surface area contributed by atoms with Gasteiger partial charge in [0.2, 0.25) is 5.91 Å². The van der Waals surface area contributed by atoms with Gasteiger partial charge in [-0.25, -0.2) is 0 Å². The number of likely N-dealkylation sites (N-methyl/N-ethyl adjacent to an activating group) is 1. The summed E-state index contributed by atoms with van der Waals surface area (Å²) in [6.45, 7) is 4.49. The highest BCUT2D eigenvalue weighted by molar-refractivity contribution is 7.45. The Kier molecular flexibility index (Phi) is 46.1. The zero-order valence-electron chi connectivity index (χ0n) is 43.4. The zero-order chi connectivity index (χ0) is 48.5. The van der Waals surface area contributed by atoms with Crippen LogP contribution in [-0.4, -0.2) is 68.5 Å². The molecule has 0 radical (unpaired) electrons. The lowest BCUT2D eigenvalue weighted by molar-refractivity contribution is -0.870. The van der Waals surface area contributed by atoms with E-state index < -0.39 is 26.6 Å². The first kappa shape index (κ1) is 63.7. The molecule has 0 aromatic carbocycles. The Morgan fingerprint density at radius 1 is 0.545 bits per heavy atom. The molecule has 0 bridgehead atoms. The molecule has 0 aliphatic heterocycles. The topological polar surface area (TPSA) is 108 Å². The molecule has 382 valence electrons. The molecule has 0 aliphatic rings. The largest absolute Gasteiger partial charge is 0.756 e. The predicted molar refractivity (Wildman–Crippen MR) is 283 cm³/mol. The van der Waals surface area contributed by atoms with E-state index in [2.05, 4.69) is 92.1 Å². The van der Waals surface area contributed by atoms with E-state index in [1.54, 1.807) is 6.08 Å². The molecule has 1 amide bonds. The normalized spacial score (nSPS) is 14.7. The van der Waals surface area contributed by atoms with Crippen LogP contribution >= 0.6 is 7.82 Å². The fourth-order valence-electron chi connectivity index (χ4n) is 7.37. The summed E-state index contributed by atoms with van der Waals surface area (Å²) in [6.07, 6.45) is 66.6. The van der Waals surface area contributed by atoms with Crippen LogP contribution in [0.25, 0.3) is 0 Å². The van der Waals surface area contributed by atoms with Crippen molar-refractivity contribution in [3.05, 3.63) is 85.1 Å².